The standard InChI is InChI=1S/C16H23N3OS/c1-3-5-6-12-20-15-9-7-14(8-10-15)13-18-19-16(21)17-11-4-2/h4,7-10,13H,2-3,5-6,11-12H2,1H3,(H2,17,19,21)/p+1. The number of ether oxygens (including phenoxy) is 1. The lowest BCUT2D eigenvalue weighted by Gasteiger charge is -2.05. The molecule has 1 aromatic rings. The van der Waals surface area contributed by atoms with E-state index in [9.17, 15) is 0 Å². The summed E-state index contributed by atoms with van der Waals surface area (Å²) in [7, 11) is 0. The molecule has 0 fully saturated rings. The zero-order valence-corrected chi connectivity index (χ0v) is 13.3. The minimum atomic E-state index is 0.530. The Morgan fingerprint density at radius 1 is 1.33 bits per heavy atom. The van der Waals surface area contributed by atoms with Gasteiger partial charge in [0.25, 0.3) is 0 Å². The first-order chi connectivity index (χ1) is 10.3. The molecule has 4 nitrogen and oxygen atoms in total. The summed E-state index contributed by atoms with van der Waals surface area (Å²) in [5.41, 5.74) is 3.90. The van der Waals surface area contributed by atoms with Gasteiger partial charge < -0.3 is 10.1 Å². The summed E-state index contributed by atoms with van der Waals surface area (Å²) in [6.45, 7) is 7.21. The van der Waals surface area contributed by atoms with E-state index in [0.29, 0.717) is 11.7 Å². The van der Waals surface area contributed by atoms with E-state index in [2.05, 4.69) is 29.3 Å². The van der Waals surface area contributed by atoms with Crippen LogP contribution < -0.4 is 20.6 Å². The monoisotopic (exact) mass is 306 g/mol. The Labute approximate surface area is 132 Å². The van der Waals surface area contributed by atoms with E-state index in [4.69, 9.17) is 17.0 Å². The quantitative estimate of drug-likeness (QED) is 0.212. The van der Waals surface area contributed by atoms with Gasteiger partial charge in [-0.1, -0.05) is 25.8 Å². The van der Waals surface area contributed by atoms with Gasteiger partial charge in [0.05, 0.1) is 6.61 Å². The number of hydrogen-bond acceptors (Lipinski definition) is 2. The van der Waals surface area contributed by atoms with Gasteiger partial charge in [0.1, 0.15) is 5.75 Å². The highest BCUT2D eigenvalue weighted by molar-refractivity contribution is 7.80. The normalized spacial score (nSPS) is 10.3. The Morgan fingerprint density at radius 3 is 2.76 bits per heavy atom. The molecule has 0 saturated heterocycles. The summed E-state index contributed by atoms with van der Waals surface area (Å²) < 4.78 is 5.66. The molecule has 0 bridgehead atoms. The van der Waals surface area contributed by atoms with Gasteiger partial charge in [-0.05, 0) is 42.9 Å². The largest absolute Gasteiger partial charge is 0.494 e. The number of hydrazine groups is 1. The van der Waals surface area contributed by atoms with Gasteiger partial charge in [-0.25, -0.2) is 0 Å². The Bertz CT molecular complexity index is 457. The molecule has 0 heterocycles. The zero-order chi connectivity index (χ0) is 15.3. The van der Waals surface area contributed by atoms with Crippen LogP contribution in [0.15, 0.2) is 36.9 Å². The van der Waals surface area contributed by atoms with Crippen LogP contribution in [0.25, 0.3) is 0 Å². The van der Waals surface area contributed by atoms with E-state index in [1.807, 2.05) is 30.5 Å². The lowest BCUT2D eigenvalue weighted by Crippen LogP contribution is -2.82. The van der Waals surface area contributed by atoms with Crippen molar-refractivity contribution in [1.82, 2.24) is 10.7 Å². The maximum atomic E-state index is 5.66. The van der Waals surface area contributed by atoms with Gasteiger partial charge in [0.2, 0.25) is 5.11 Å². The minimum Gasteiger partial charge on any atom is -0.494 e. The van der Waals surface area contributed by atoms with E-state index in [1.54, 1.807) is 6.08 Å². The number of hydrogen-bond donors (Lipinski definition) is 3. The van der Waals surface area contributed by atoms with Crippen molar-refractivity contribution in [3.8, 4) is 5.75 Å². The average Bonchev–Trinajstić information content (AvgIpc) is 2.51. The van der Waals surface area contributed by atoms with Crippen LogP contribution in [0, 0.1) is 0 Å². The predicted molar refractivity (Wildman–Crippen MR) is 91.5 cm³/mol. The number of thiocarbonyl (C=S) groups is 1. The predicted octanol–water partition coefficient (Wildman–Crippen LogP) is 1.32. The molecule has 0 saturated carbocycles. The number of hydrazone groups is 1. The maximum absolute atomic E-state index is 5.66. The van der Waals surface area contributed by atoms with Crippen molar-refractivity contribution < 1.29 is 9.84 Å². The molecule has 0 aliphatic rings. The molecule has 0 unspecified atom stereocenters. The van der Waals surface area contributed by atoms with Gasteiger partial charge in [0, 0.05) is 12.1 Å². The molecule has 0 aromatic heterocycles. The molecule has 1 aromatic carbocycles. The highest BCUT2D eigenvalue weighted by Crippen LogP contribution is 2.11. The van der Waals surface area contributed by atoms with Crippen LogP contribution in [0.5, 0.6) is 5.75 Å². The Morgan fingerprint density at radius 2 is 2.10 bits per heavy atom. The fourth-order valence-electron chi connectivity index (χ4n) is 1.60. The van der Waals surface area contributed by atoms with Crippen LogP contribution in [-0.2, 0) is 0 Å². The molecule has 0 amide bonds. The van der Waals surface area contributed by atoms with E-state index in [1.165, 1.54) is 12.8 Å². The van der Waals surface area contributed by atoms with Crippen molar-refractivity contribution in [3.05, 3.63) is 42.5 Å². The van der Waals surface area contributed by atoms with Crippen LogP contribution >= 0.6 is 12.2 Å². The summed E-state index contributed by atoms with van der Waals surface area (Å²) in [5, 5.41) is 6.43. The Kier molecular flexibility index (Phi) is 8.88. The van der Waals surface area contributed by atoms with Crippen LogP contribution in [0.1, 0.15) is 31.7 Å². The molecule has 0 aliphatic heterocycles. The molecule has 21 heavy (non-hydrogen) atoms. The first-order valence-electron chi connectivity index (χ1n) is 7.22. The van der Waals surface area contributed by atoms with Gasteiger partial charge in [-0.3, -0.25) is 0 Å². The third-order valence-electron chi connectivity index (χ3n) is 2.73. The SMILES string of the molecule is C=CCNC(=S)N[NH+]=Cc1ccc(OCCCCC)cc1. The molecule has 5 heteroatoms. The topological polar surface area (TPSA) is 47.3 Å². The highest BCUT2D eigenvalue weighted by atomic mass is 32.1. The molecule has 0 spiro atoms. The Balaban J connectivity index is 2.33. The van der Waals surface area contributed by atoms with E-state index in [-0.39, 0.29) is 0 Å². The summed E-state index contributed by atoms with van der Waals surface area (Å²) >= 11 is 5.05. The number of rotatable bonds is 9. The van der Waals surface area contributed by atoms with Crippen molar-refractivity contribution in [1.29, 1.82) is 0 Å². The molecule has 0 radical (unpaired) electrons. The maximum Gasteiger partial charge on any atom is 0.224 e. The van der Waals surface area contributed by atoms with Crippen LogP contribution in [0.4, 0.5) is 0 Å². The summed E-state index contributed by atoms with van der Waals surface area (Å²) in [4.78, 5) is 0. The first-order valence-corrected chi connectivity index (χ1v) is 7.63. The fourth-order valence-corrected chi connectivity index (χ4v) is 1.74. The van der Waals surface area contributed by atoms with E-state index in [0.717, 1.165) is 24.3 Å². The second kappa shape index (κ2) is 10.9. The van der Waals surface area contributed by atoms with Crippen molar-refractivity contribution >= 4 is 23.5 Å². The lowest BCUT2D eigenvalue weighted by molar-refractivity contribution is -0.500. The van der Waals surface area contributed by atoms with Crippen molar-refractivity contribution in [2.24, 2.45) is 0 Å². The molecule has 114 valence electrons. The zero-order valence-electron chi connectivity index (χ0n) is 12.5. The summed E-state index contributed by atoms with van der Waals surface area (Å²) in [5.74, 6) is 0.902. The van der Waals surface area contributed by atoms with Crippen LogP contribution in [0.3, 0.4) is 0 Å². The van der Waals surface area contributed by atoms with Crippen LogP contribution in [-0.4, -0.2) is 24.5 Å². The van der Waals surface area contributed by atoms with E-state index < -0.39 is 0 Å². The van der Waals surface area contributed by atoms with Crippen molar-refractivity contribution in [2.75, 3.05) is 13.2 Å². The highest BCUT2D eigenvalue weighted by Gasteiger charge is 1.97. The van der Waals surface area contributed by atoms with Crippen LogP contribution in [0.2, 0.25) is 0 Å². The third kappa shape index (κ3) is 8.09. The molecule has 3 N–H and O–H groups in total. The fraction of sp³-hybridized carbons (Fsp3) is 0.375. The Hall–Kier alpha value is -1.88. The number of benzene rings is 1. The molecule has 1 rings (SSSR count). The number of unbranched alkanes of at least 4 members (excludes halogenated alkanes) is 2. The van der Waals surface area contributed by atoms with Gasteiger partial charge in [0.15, 0.2) is 6.21 Å². The molecule has 0 aliphatic carbocycles. The lowest BCUT2D eigenvalue weighted by atomic mass is 10.2. The van der Waals surface area contributed by atoms with Crippen molar-refractivity contribution in [2.45, 2.75) is 26.2 Å². The van der Waals surface area contributed by atoms with Gasteiger partial charge in [-0.2, -0.15) is 0 Å². The molecule has 0 atom stereocenters. The van der Waals surface area contributed by atoms with Gasteiger partial charge in [-0.15, -0.1) is 17.1 Å². The second-order valence-electron chi connectivity index (χ2n) is 4.54. The molecular weight excluding hydrogens is 282 g/mol. The molecular formula is C16H24N3OS+. The average molecular weight is 306 g/mol. The number of nitrogens with one attached hydrogen (secondary N) is 3. The van der Waals surface area contributed by atoms with E-state index >= 15 is 0 Å². The smallest absolute Gasteiger partial charge is 0.224 e. The van der Waals surface area contributed by atoms with Crippen molar-refractivity contribution in [3.63, 3.8) is 0 Å². The summed E-state index contributed by atoms with van der Waals surface area (Å²) in [6.07, 6.45) is 7.10. The third-order valence-corrected chi connectivity index (χ3v) is 2.97. The van der Waals surface area contributed by atoms with Gasteiger partial charge >= 0.3 is 0 Å². The second-order valence-corrected chi connectivity index (χ2v) is 4.95. The summed E-state index contributed by atoms with van der Waals surface area (Å²) in [6, 6.07) is 7.91. The minimum absolute atomic E-state index is 0.530. The first kappa shape index (κ1) is 17.2.